The van der Waals surface area contributed by atoms with Crippen molar-refractivity contribution < 1.29 is 29.7 Å². The van der Waals surface area contributed by atoms with Crippen LogP contribution in [0.2, 0.25) is 5.02 Å². The Morgan fingerprint density at radius 1 is 1.26 bits per heavy atom. The minimum Gasteiger partial charge on any atom is -0.481 e. The summed E-state index contributed by atoms with van der Waals surface area (Å²) in [4.78, 5) is 10.4. The Hall–Kier alpha value is -1.71. The number of hydrogen-bond acceptors (Lipinski definition) is 7. The van der Waals surface area contributed by atoms with Crippen LogP contribution in [0, 0.1) is 0 Å². The van der Waals surface area contributed by atoms with E-state index in [1.54, 1.807) is 18.2 Å². The molecule has 23 heavy (non-hydrogen) atoms. The second kappa shape index (κ2) is 8.80. The van der Waals surface area contributed by atoms with Crippen LogP contribution in [0.1, 0.15) is 12.1 Å². The number of fused-ring (bicyclic) bond motifs is 1. The molecule has 0 spiro atoms. The van der Waals surface area contributed by atoms with Crippen LogP contribution >= 0.6 is 11.6 Å². The smallest absolute Gasteiger partial charge is 0.303 e. The lowest BCUT2D eigenvalue weighted by Crippen LogP contribution is -2.50. The number of hydrogen-bond donors (Lipinski definition) is 5. The summed E-state index contributed by atoms with van der Waals surface area (Å²) < 4.78 is 5.03. The molecule has 2 aromatic rings. The third-order valence-electron chi connectivity index (χ3n) is 3.03. The molecule has 1 heterocycles. The minimum atomic E-state index is -1.21. The summed E-state index contributed by atoms with van der Waals surface area (Å²) in [5.74, 6) is -0.854. The van der Waals surface area contributed by atoms with Crippen molar-refractivity contribution in [2.45, 2.75) is 18.4 Å². The normalized spacial score (nSPS) is 11.2. The zero-order valence-electron chi connectivity index (χ0n) is 12.3. The van der Waals surface area contributed by atoms with E-state index in [1.165, 1.54) is 0 Å². The van der Waals surface area contributed by atoms with Crippen LogP contribution in [-0.2, 0) is 11.2 Å². The zero-order valence-corrected chi connectivity index (χ0v) is 13.0. The van der Waals surface area contributed by atoms with E-state index in [0.29, 0.717) is 22.7 Å². The molecular formula is C14H19ClN2O6. The van der Waals surface area contributed by atoms with E-state index in [1.807, 2.05) is 0 Å². The van der Waals surface area contributed by atoms with Crippen LogP contribution < -0.4 is 5.73 Å². The van der Waals surface area contributed by atoms with Gasteiger partial charge in [-0.05, 0) is 18.2 Å². The summed E-state index contributed by atoms with van der Waals surface area (Å²) in [6.07, 6.45) is 0.386. The first-order chi connectivity index (χ1) is 10.8. The molecule has 9 heteroatoms. The first kappa shape index (κ1) is 19.3. The molecule has 0 aliphatic carbocycles. The lowest BCUT2D eigenvalue weighted by molar-refractivity contribution is -0.136. The number of benzene rings is 1. The van der Waals surface area contributed by atoms with Gasteiger partial charge in [0.2, 0.25) is 0 Å². The Kier molecular flexibility index (Phi) is 7.40. The fourth-order valence-electron chi connectivity index (χ4n) is 1.52. The van der Waals surface area contributed by atoms with Gasteiger partial charge < -0.3 is 30.7 Å². The van der Waals surface area contributed by atoms with Gasteiger partial charge in [0.15, 0.2) is 5.58 Å². The third kappa shape index (κ3) is 5.77. The molecule has 0 aliphatic heterocycles. The summed E-state index contributed by atoms with van der Waals surface area (Å²) in [5, 5.41) is 38.8. The van der Waals surface area contributed by atoms with Crippen molar-refractivity contribution in [3.8, 4) is 0 Å². The number of carbonyl (C=O) groups is 1. The average Bonchev–Trinajstić information content (AvgIpc) is 2.95. The van der Waals surface area contributed by atoms with Crippen LogP contribution in [0.25, 0.3) is 11.0 Å². The van der Waals surface area contributed by atoms with Crippen molar-refractivity contribution in [1.29, 1.82) is 0 Å². The first-order valence-corrected chi connectivity index (χ1v) is 7.10. The molecule has 2 rings (SSSR count). The standard InChI is InChI=1S/C10H8ClNO3.C4H11NO3/c11-6-1-3-9-7(5-6)8(12-15-9)2-4-10(13)14;5-4(1-6,2-7)3-8/h1,3,5H,2,4H2,(H,13,14);6-8H,1-3,5H2. The average molecular weight is 347 g/mol. The number of aliphatic carboxylic acids is 1. The molecule has 0 fully saturated rings. The van der Waals surface area contributed by atoms with Gasteiger partial charge in [0.1, 0.15) is 0 Å². The van der Waals surface area contributed by atoms with Gasteiger partial charge in [-0.15, -0.1) is 0 Å². The highest BCUT2D eigenvalue weighted by Crippen LogP contribution is 2.23. The molecule has 0 amide bonds. The van der Waals surface area contributed by atoms with E-state index in [0.717, 1.165) is 5.39 Å². The molecule has 0 bridgehead atoms. The van der Waals surface area contributed by atoms with Crippen molar-refractivity contribution in [2.75, 3.05) is 19.8 Å². The maximum atomic E-state index is 10.4. The predicted molar refractivity (Wildman–Crippen MR) is 83.2 cm³/mol. The van der Waals surface area contributed by atoms with Gasteiger partial charge in [-0.2, -0.15) is 0 Å². The molecule has 128 valence electrons. The number of halogens is 1. The van der Waals surface area contributed by atoms with E-state index >= 15 is 0 Å². The molecule has 0 saturated heterocycles. The molecule has 0 unspecified atom stereocenters. The quantitative estimate of drug-likeness (QED) is 0.496. The van der Waals surface area contributed by atoms with E-state index in [2.05, 4.69) is 5.16 Å². The van der Waals surface area contributed by atoms with Crippen LogP contribution in [0.5, 0.6) is 0 Å². The van der Waals surface area contributed by atoms with Gasteiger partial charge in [-0.3, -0.25) is 4.79 Å². The Bertz CT molecular complexity index is 633. The molecule has 8 nitrogen and oxygen atoms in total. The molecule has 1 aromatic heterocycles. The van der Waals surface area contributed by atoms with Crippen LogP contribution in [0.4, 0.5) is 0 Å². The number of rotatable bonds is 6. The second-order valence-corrected chi connectivity index (χ2v) is 5.44. The first-order valence-electron chi connectivity index (χ1n) is 6.72. The Labute approximate surface area is 137 Å². The number of nitrogens with zero attached hydrogens (tertiary/aromatic N) is 1. The number of nitrogens with two attached hydrogens (primary N) is 1. The summed E-state index contributed by atoms with van der Waals surface area (Å²) >= 11 is 5.82. The summed E-state index contributed by atoms with van der Waals surface area (Å²) in [5.41, 5.74) is 5.20. The SMILES string of the molecule is NC(CO)(CO)CO.O=C(O)CCc1noc2ccc(Cl)cc12. The molecule has 0 saturated carbocycles. The van der Waals surface area contributed by atoms with Gasteiger partial charge in [0, 0.05) is 16.8 Å². The largest absolute Gasteiger partial charge is 0.481 e. The number of carboxylic acids is 1. The van der Waals surface area contributed by atoms with Crippen LogP contribution in [0.3, 0.4) is 0 Å². The lowest BCUT2D eigenvalue weighted by Gasteiger charge is -2.20. The van der Waals surface area contributed by atoms with Crippen molar-refractivity contribution in [3.05, 3.63) is 28.9 Å². The van der Waals surface area contributed by atoms with Gasteiger partial charge >= 0.3 is 5.97 Å². The number of aryl methyl sites for hydroxylation is 1. The Morgan fingerprint density at radius 3 is 2.35 bits per heavy atom. The maximum absolute atomic E-state index is 10.4. The Balaban J connectivity index is 0.000000284. The summed E-state index contributed by atoms with van der Waals surface area (Å²) in [7, 11) is 0. The van der Waals surface area contributed by atoms with Crippen molar-refractivity contribution >= 4 is 28.5 Å². The van der Waals surface area contributed by atoms with Crippen LogP contribution in [-0.4, -0.2) is 56.9 Å². The van der Waals surface area contributed by atoms with Gasteiger partial charge in [-0.1, -0.05) is 16.8 Å². The zero-order chi connectivity index (χ0) is 17.5. The fraction of sp³-hybridized carbons (Fsp3) is 0.429. The highest BCUT2D eigenvalue weighted by molar-refractivity contribution is 6.31. The van der Waals surface area contributed by atoms with E-state index in [-0.39, 0.29) is 6.42 Å². The Morgan fingerprint density at radius 2 is 1.87 bits per heavy atom. The highest BCUT2D eigenvalue weighted by Gasteiger charge is 2.20. The van der Waals surface area contributed by atoms with Crippen LogP contribution in [0.15, 0.2) is 22.7 Å². The van der Waals surface area contributed by atoms with E-state index in [4.69, 9.17) is 42.3 Å². The summed E-state index contributed by atoms with van der Waals surface area (Å²) in [6.45, 7) is -1.21. The van der Waals surface area contributed by atoms with Gasteiger partial charge in [0.25, 0.3) is 0 Å². The van der Waals surface area contributed by atoms with Gasteiger partial charge in [-0.25, -0.2) is 0 Å². The fourth-order valence-corrected chi connectivity index (χ4v) is 1.69. The van der Waals surface area contributed by atoms with Gasteiger partial charge in [0.05, 0.1) is 37.5 Å². The molecular weight excluding hydrogens is 328 g/mol. The molecule has 0 aliphatic rings. The van der Waals surface area contributed by atoms with Crippen molar-refractivity contribution in [3.63, 3.8) is 0 Å². The second-order valence-electron chi connectivity index (χ2n) is 5.00. The van der Waals surface area contributed by atoms with Crippen molar-refractivity contribution in [1.82, 2.24) is 5.16 Å². The molecule has 0 atom stereocenters. The van der Waals surface area contributed by atoms with Crippen molar-refractivity contribution in [2.24, 2.45) is 5.73 Å². The third-order valence-corrected chi connectivity index (χ3v) is 3.26. The number of carboxylic acid groups (broad SMARTS) is 1. The topological polar surface area (TPSA) is 150 Å². The highest BCUT2D eigenvalue weighted by atomic mass is 35.5. The predicted octanol–water partition coefficient (Wildman–Crippen LogP) is 0.159. The monoisotopic (exact) mass is 346 g/mol. The molecule has 1 aromatic carbocycles. The number of aliphatic hydroxyl groups excluding tert-OH is 3. The maximum Gasteiger partial charge on any atom is 0.303 e. The van der Waals surface area contributed by atoms with E-state index in [9.17, 15) is 4.79 Å². The molecule has 0 radical (unpaired) electrons. The number of aliphatic hydroxyl groups is 3. The summed E-state index contributed by atoms with van der Waals surface area (Å²) in [6, 6.07) is 5.15. The number of aromatic nitrogens is 1. The van der Waals surface area contributed by atoms with E-state index < -0.39 is 31.3 Å². The minimum absolute atomic E-state index is 0.0359. The molecule has 6 N–H and O–H groups in total. The lowest BCUT2D eigenvalue weighted by atomic mass is 10.1.